The first-order valence-corrected chi connectivity index (χ1v) is 7.27. The van der Waals surface area contributed by atoms with E-state index in [9.17, 15) is 0 Å². The predicted molar refractivity (Wildman–Crippen MR) is 41.9 cm³/mol. The molecule has 4 heteroatoms. The molecule has 56 valence electrons. The minimum absolute atomic E-state index is 0.720. The van der Waals surface area contributed by atoms with Gasteiger partial charge in [0.15, 0.2) is 0 Å². The van der Waals surface area contributed by atoms with Gasteiger partial charge in [0.2, 0.25) is 0 Å². The van der Waals surface area contributed by atoms with E-state index in [-0.39, 0.29) is 0 Å². The van der Waals surface area contributed by atoms with E-state index in [0.717, 1.165) is 13.2 Å². The van der Waals surface area contributed by atoms with E-state index in [2.05, 4.69) is 15.1 Å². The van der Waals surface area contributed by atoms with Crippen LogP contribution in [0, 0.1) is 0 Å². The molecule has 0 aliphatic rings. The molecule has 0 aliphatic carbocycles. The quantitative estimate of drug-likeness (QED) is 0.524. The Balaban J connectivity index is 3.58. The molecule has 0 bridgehead atoms. The molecule has 0 radical (unpaired) electrons. The van der Waals surface area contributed by atoms with Gasteiger partial charge >= 0.3 is 63.8 Å². The third-order valence-electron chi connectivity index (χ3n) is 0.727. The van der Waals surface area contributed by atoms with E-state index in [4.69, 9.17) is 9.05 Å². The van der Waals surface area contributed by atoms with Crippen molar-refractivity contribution in [2.24, 2.45) is 0 Å². The first-order valence-electron chi connectivity index (χ1n) is 2.99. The first kappa shape index (κ1) is 9.87. The van der Waals surface area contributed by atoms with Crippen molar-refractivity contribution in [1.82, 2.24) is 0 Å². The summed E-state index contributed by atoms with van der Waals surface area (Å²) in [6.45, 7) is 7.35. The number of rotatable bonds is 4. The molecule has 0 atom stereocenters. The molecule has 0 spiro atoms. The number of hydrogen-bond donors (Lipinski definition) is 0. The monoisotopic (exact) mass is 216 g/mol. The van der Waals surface area contributed by atoms with E-state index >= 15 is 0 Å². The predicted octanol–water partition coefficient (Wildman–Crippen LogP) is 1.62. The zero-order chi connectivity index (χ0) is 7.33. The Bertz CT molecular complexity index is 106. The topological polar surface area (TPSA) is 18.5 Å². The van der Waals surface area contributed by atoms with Crippen molar-refractivity contribution in [3.8, 4) is 0 Å². The fourth-order valence-corrected chi connectivity index (χ4v) is 2.85. The maximum atomic E-state index is 5.30. The summed E-state index contributed by atoms with van der Waals surface area (Å²) >= 11 is 2.92. The second kappa shape index (κ2) is 4.65. The van der Waals surface area contributed by atoms with Gasteiger partial charge in [0.05, 0.1) is 0 Å². The average molecular weight is 215 g/mol. The van der Waals surface area contributed by atoms with Crippen LogP contribution in [-0.2, 0) is 9.05 Å². The molecule has 0 rings (SSSR count). The van der Waals surface area contributed by atoms with Gasteiger partial charge in [-0.1, -0.05) is 0 Å². The van der Waals surface area contributed by atoms with Crippen molar-refractivity contribution in [1.29, 1.82) is 0 Å². The molecule has 0 fully saturated rings. The van der Waals surface area contributed by atoms with Crippen molar-refractivity contribution in [2.75, 3.05) is 19.9 Å². The molecular weight excluding hydrogens is 202 g/mol. The summed E-state index contributed by atoms with van der Waals surface area (Å²) in [6.07, 6.45) is 0. The van der Waals surface area contributed by atoms with Crippen LogP contribution in [0.25, 0.3) is 0 Å². The van der Waals surface area contributed by atoms with Gasteiger partial charge in [0.25, 0.3) is 0 Å². The van der Waals surface area contributed by atoms with Crippen LogP contribution in [0.15, 0.2) is 0 Å². The van der Waals surface area contributed by atoms with Gasteiger partial charge in [-0.05, 0) is 0 Å². The molecule has 0 N–H and O–H groups in total. The molecule has 0 unspecified atom stereocenters. The average Bonchev–Trinajstić information content (AvgIpc) is 1.64. The number of hydrogen-bond acceptors (Lipinski definition) is 2. The van der Waals surface area contributed by atoms with Crippen LogP contribution in [0.4, 0.5) is 0 Å². The van der Waals surface area contributed by atoms with Gasteiger partial charge in [-0.3, -0.25) is 0 Å². The summed E-state index contributed by atoms with van der Waals surface area (Å²) < 4.78 is 10.6. The summed E-state index contributed by atoms with van der Waals surface area (Å²) in [5.74, 6) is -1.57. The van der Waals surface area contributed by atoms with Crippen LogP contribution < -0.4 is 0 Å². The van der Waals surface area contributed by atoms with E-state index in [1.807, 2.05) is 20.5 Å². The van der Waals surface area contributed by atoms with E-state index in [0.29, 0.717) is 0 Å². The first-order chi connectivity index (χ1) is 4.12. The van der Waals surface area contributed by atoms with Gasteiger partial charge in [-0.15, -0.1) is 0 Å². The molecule has 0 heterocycles. The normalized spacial score (nSPS) is 11.9. The van der Waals surface area contributed by atoms with Crippen molar-refractivity contribution >= 4 is 21.1 Å². The molecular formula is C5H13O2PSe. The summed E-state index contributed by atoms with van der Waals surface area (Å²) in [5.41, 5.74) is 0. The van der Waals surface area contributed by atoms with Gasteiger partial charge in [0, 0.05) is 0 Å². The summed E-state index contributed by atoms with van der Waals surface area (Å²) in [6, 6.07) is 0. The van der Waals surface area contributed by atoms with Gasteiger partial charge in [-0.2, -0.15) is 0 Å². The molecule has 0 aromatic heterocycles. The van der Waals surface area contributed by atoms with Crippen molar-refractivity contribution in [2.45, 2.75) is 13.8 Å². The maximum absolute atomic E-state index is 5.30. The summed E-state index contributed by atoms with van der Waals surface area (Å²) in [5, 5.41) is 0. The molecule has 0 aromatic carbocycles. The second-order valence-corrected chi connectivity index (χ2v) is 7.84. The molecule has 0 saturated carbocycles. The third-order valence-corrected chi connectivity index (χ3v) is 3.51. The van der Waals surface area contributed by atoms with Crippen molar-refractivity contribution in [3.05, 3.63) is 0 Å². The zero-order valence-electron chi connectivity index (χ0n) is 6.09. The van der Waals surface area contributed by atoms with Crippen LogP contribution in [0.5, 0.6) is 0 Å². The van der Waals surface area contributed by atoms with Gasteiger partial charge in [0.1, 0.15) is 0 Å². The molecule has 2 nitrogen and oxygen atoms in total. The fourth-order valence-electron chi connectivity index (χ4n) is 0.506. The molecule has 0 saturated heterocycles. The third kappa shape index (κ3) is 5.32. The standard InChI is InChI=1S/C5H13O2PSe/c1-4-6-8(3,9)7-5-2/h4-5H2,1-3H3. The van der Waals surface area contributed by atoms with Gasteiger partial charge in [-0.25, -0.2) is 0 Å². The van der Waals surface area contributed by atoms with E-state index < -0.39 is 5.96 Å². The molecule has 0 aliphatic heterocycles. The van der Waals surface area contributed by atoms with E-state index in [1.54, 1.807) is 0 Å². The van der Waals surface area contributed by atoms with Gasteiger partial charge < -0.3 is 0 Å². The zero-order valence-corrected chi connectivity index (χ0v) is 8.69. The molecule has 9 heavy (non-hydrogen) atoms. The Hall–Kier alpha value is 0.869. The van der Waals surface area contributed by atoms with Crippen LogP contribution in [0.3, 0.4) is 0 Å². The Kier molecular flexibility index (Phi) is 5.10. The summed E-state index contributed by atoms with van der Waals surface area (Å²) in [4.78, 5) is 0. The van der Waals surface area contributed by atoms with Crippen molar-refractivity contribution in [3.63, 3.8) is 0 Å². The van der Waals surface area contributed by atoms with Crippen LogP contribution >= 0.6 is 5.96 Å². The minimum atomic E-state index is -1.57. The molecule has 0 amide bonds. The van der Waals surface area contributed by atoms with Crippen LogP contribution in [0.2, 0.25) is 0 Å². The Morgan fingerprint density at radius 2 is 1.56 bits per heavy atom. The Labute approximate surface area is 64.3 Å². The molecule has 0 aromatic rings. The van der Waals surface area contributed by atoms with Crippen LogP contribution in [-0.4, -0.2) is 35.0 Å². The van der Waals surface area contributed by atoms with E-state index in [1.165, 1.54) is 0 Å². The summed E-state index contributed by atoms with van der Waals surface area (Å²) in [7, 11) is 0. The Morgan fingerprint density at radius 1 is 1.22 bits per heavy atom. The van der Waals surface area contributed by atoms with Crippen LogP contribution in [0.1, 0.15) is 13.8 Å². The Morgan fingerprint density at radius 3 is 1.78 bits per heavy atom. The second-order valence-electron chi connectivity index (χ2n) is 1.61. The SMILES string of the molecule is CCOP(C)(=[Se])OCC. The fraction of sp³-hybridized carbons (Fsp3) is 1.00. The van der Waals surface area contributed by atoms with Crippen molar-refractivity contribution < 1.29 is 9.05 Å².